The monoisotopic (exact) mass is 1030 g/mol. The van der Waals surface area contributed by atoms with E-state index >= 15 is 0 Å². The van der Waals surface area contributed by atoms with Crippen molar-refractivity contribution in [2.75, 3.05) is 26.2 Å². The van der Waals surface area contributed by atoms with Crippen molar-refractivity contribution < 1.29 is 47.5 Å². The minimum Gasteiger partial charge on any atom is -0.444 e. The number of ether oxygens (including phenoxy) is 2. The maximum atomic E-state index is 13.6. The maximum absolute atomic E-state index is 13.6. The van der Waals surface area contributed by atoms with E-state index in [1.54, 1.807) is 22.1 Å². The summed E-state index contributed by atoms with van der Waals surface area (Å²) in [6, 6.07) is 13.7. The van der Waals surface area contributed by atoms with Gasteiger partial charge < -0.3 is 28.6 Å². The molecule has 2 saturated carbocycles. The summed E-state index contributed by atoms with van der Waals surface area (Å²) in [6.45, 7) is 29.2. The highest BCUT2D eigenvalue weighted by molar-refractivity contribution is 6.62. The molecule has 5 aliphatic rings. The summed E-state index contributed by atoms with van der Waals surface area (Å²) in [5.74, 6) is -1.53. The van der Waals surface area contributed by atoms with E-state index in [1.165, 1.54) is 0 Å². The number of rotatable bonds is 6. The van der Waals surface area contributed by atoms with E-state index < -0.39 is 41.4 Å². The zero-order valence-electron chi connectivity index (χ0n) is 47.0. The van der Waals surface area contributed by atoms with E-state index in [2.05, 4.69) is 24.0 Å². The van der Waals surface area contributed by atoms with Crippen LogP contribution in [0.3, 0.4) is 0 Å². The number of aromatic nitrogens is 1. The Morgan fingerprint density at radius 3 is 1.43 bits per heavy atom. The predicted molar refractivity (Wildman–Crippen MR) is 288 cm³/mol. The Morgan fingerprint density at radius 2 is 1.07 bits per heavy atom. The number of hydrogen-bond donors (Lipinski definition) is 0. The first-order chi connectivity index (χ1) is 34.9. The van der Waals surface area contributed by atoms with Crippen molar-refractivity contribution in [1.82, 2.24) is 14.8 Å². The molecule has 8 rings (SSSR count). The molecule has 75 heavy (non-hydrogen) atoms. The van der Waals surface area contributed by atoms with Gasteiger partial charge in [-0.1, -0.05) is 26.0 Å². The first kappa shape index (κ1) is 57.0. The van der Waals surface area contributed by atoms with Crippen LogP contribution in [0.4, 0.5) is 9.59 Å². The van der Waals surface area contributed by atoms with Crippen molar-refractivity contribution in [2.24, 2.45) is 10.8 Å². The predicted octanol–water partition coefficient (Wildman–Crippen LogP) is 10.4. The summed E-state index contributed by atoms with van der Waals surface area (Å²) in [6.07, 6.45) is 6.24. The average Bonchev–Trinajstić information content (AvgIpc) is 3.54. The molecule has 1 aromatic heterocycles. The van der Waals surface area contributed by atoms with E-state index in [1.807, 2.05) is 114 Å². The van der Waals surface area contributed by atoms with Gasteiger partial charge in [0.1, 0.15) is 52.2 Å². The van der Waals surface area contributed by atoms with E-state index in [0.717, 1.165) is 50.1 Å². The topological polar surface area (TPSA) is 182 Å². The number of piperidine rings is 2. The van der Waals surface area contributed by atoms with Crippen molar-refractivity contribution in [1.29, 1.82) is 5.26 Å². The third kappa shape index (κ3) is 12.4. The Hall–Kier alpha value is -5.72. The fraction of sp³-hybridized carbons (Fsp3) is 0.600. The van der Waals surface area contributed by atoms with Crippen LogP contribution in [0.2, 0.25) is 0 Å². The fourth-order valence-corrected chi connectivity index (χ4v) is 11.8. The van der Waals surface area contributed by atoms with E-state index in [0.29, 0.717) is 96.0 Å². The Balaban J connectivity index is 0.000000219. The highest BCUT2D eigenvalue weighted by Crippen LogP contribution is 2.49. The third-order valence-electron chi connectivity index (χ3n) is 16.5. The van der Waals surface area contributed by atoms with E-state index in [9.17, 15) is 28.8 Å². The van der Waals surface area contributed by atoms with Crippen LogP contribution in [-0.4, -0.2) is 106 Å². The molecule has 2 spiro atoms. The van der Waals surface area contributed by atoms with Crippen molar-refractivity contribution >= 4 is 47.9 Å². The van der Waals surface area contributed by atoms with Crippen LogP contribution in [-0.2, 0) is 50.8 Å². The van der Waals surface area contributed by atoms with Gasteiger partial charge in [0.15, 0.2) is 0 Å². The van der Waals surface area contributed by atoms with Crippen molar-refractivity contribution in [2.45, 2.75) is 195 Å². The molecule has 2 amide bonds. The van der Waals surface area contributed by atoms with Gasteiger partial charge in [0.2, 0.25) is 0 Å². The second kappa shape index (κ2) is 21.4. The Kier molecular flexibility index (Phi) is 16.2. The zero-order chi connectivity index (χ0) is 55.2. The Labute approximate surface area is 445 Å². The van der Waals surface area contributed by atoms with Crippen LogP contribution in [0.5, 0.6) is 0 Å². The molecule has 14 nitrogen and oxygen atoms in total. The molecule has 0 unspecified atom stereocenters. The van der Waals surface area contributed by atoms with Crippen LogP contribution >= 0.6 is 0 Å². The molecule has 0 bridgehead atoms. The number of amides is 2. The molecule has 402 valence electrons. The minimum atomic E-state index is -0.743. The fourth-order valence-electron chi connectivity index (χ4n) is 11.8. The Morgan fingerprint density at radius 1 is 0.667 bits per heavy atom. The van der Waals surface area contributed by atoms with Gasteiger partial charge in [-0.05, 0) is 196 Å². The number of carbonyl (C=O) groups excluding carboxylic acids is 6. The molecule has 3 aliphatic heterocycles. The highest BCUT2D eigenvalue weighted by atomic mass is 16.7. The minimum absolute atomic E-state index is 0.00634. The van der Waals surface area contributed by atoms with Gasteiger partial charge >= 0.3 is 19.3 Å². The lowest BCUT2D eigenvalue weighted by atomic mass is 9.62. The summed E-state index contributed by atoms with van der Waals surface area (Å²) in [4.78, 5) is 87.2. The Bertz CT molecular complexity index is 2710. The molecule has 3 saturated heterocycles. The van der Waals surface area contributed by atoms with Crippen LogP contribution < -0.4 is 5.46 Å². The zero-order valence-corrected chi connectivity index (χ0v) is 47.0. The quantitative estimate of drug-likeness (QED) is 0.169. The molecule has 2 aliphatic carbocycles. The lowest BCUT2D eigenvalue weighted by Crippen LogP contribution is -2.49. The molecule has 2 aromatic carbocycles. The lowest BCUT2D eigenvalue weighted by Gasteiger charge is -2.44. The van der Waals surface area contributed by atoms with Gasteiger partial charge in [-0.25, -0.2) is 9.59 Å². The van der Waals surface area contributed by atoms with E-state index in [-0.39, 0.29) is 46.1 Å². The van der Waals surface area contributed by atoms with Gasteiger partial charge in [0.25, 0.3) is 0 Å². The van der Waals surface area contributed by atoms with Gasteiger partial charge in [-0.3, -0.25) is 24.2 Å². The number of benzene rings is 2. The molecular weight excluding hydrogens is 947 g/mol. The smallest absolute Gasteiger partial charge is 0.444 e. The summed E-state index contributed by atoms with van der Waals surface area (Å²) in [5.41, 5.74) is 5.81. The molecule has 0 N–H and O–H groups in total. The number of likely N-dealkylation sites (tertiary alicyclic amines) is 2. The van der Waals surface area contributed by atoms with Crippen LogP contribution in [0.15, 0.2) is 42.6 Å². The van der Waals surface area contributed by atoms with Crippen molar-refractivity contribution in [3.63, 3.8) is 0 Å². The standard InChI is InChI=1S/C30H44BNO6.C30H35N3O4/c1-10-20-16-21(31-37-28(6,7)29(8,9)38-31)15-19(2)24(20)25-22(33)17-30(18-23(25)34)11-13-32(14-12-30)26(35)36-27(3,4)5;1-6-21-14-22(23-8-7-20(17-31)18-32-23)13-19(2)26(21)27-24(34)15-30(16-25(27)35)9-11-33(12-10-30)28(36)37-29(3,4)5/h15-16,25H,10-14,17-18H2,1-9H3;7-8,13-14,18,27H,6,9-12,15-16H2,1-5H3. The van der Waals surface area contributed by atoms with Gasteiger partial charge in [-0.15, -0.1) is 0 Å². The summed E-state index contributed by atoms with van der Waals surface area (Å²) in [7, 11) is -0.491. The number of hydrogen-bond acceptors (Lipinski definition) is 12. The average molecular weight is 1030 g/mol. The first-order valence-electron chi connectivity index (χ1n) is 27.0. The molecule has 5 fully saturated rings. The van der Waals surface area contributed by atoms with Gasteiger partial charge in [0, 0.05) is 63.6 Å². The van der Waals surface area contributed by atoms with Gasteiger partial charge in [-0.2, -0.15) is 5.26 Å². The summed E-state index contributed by atoms with van der Waals surface area (Å²) < 4.78 is 23.5. The number of pyridine rings is 1. The van der Waals surface area contributed by atoms with Crippen LogP contribution in [0.1, 0.15) is 185 Å². The first-order valence-corrected chi connectivity index (χ1v) is 27.0. The second-order valence-electron chi connectivity index (χ2n) is 25.0. The normalized spacial score (nSPS) is 21.5. The molecule has 0 atom stereocenters. The van der Waals surface area contributed by atoms with Gasteiger partial charge in [0.05, 0.1) is 22.5 Å². The van der Waals surface area contributed by atoms with Crippen molar-refractivity contribution in [3.8, 4) is 17.3 Å². The number of aryl methyl sites for hydroxylation is 4. The van der Waals surface area contributed by atoms with Crippen LogP contribution in [0, 0.1) is 36.0 Å². The summed E-state index contributed by atoms with van der Waals surface area (Å²) in [5, 5.41) is 9.05. The third-order valence-corrected chi connectivity index (χ3v) is 16.5. The number of nitrogens with zero attached hydrogens (tertiary/aromatic N) is 4. The van der Waals surface area contributed by atoms with Crippen molar-refractivity contribution in [3.05, 3.63) is 81.5 Å². The molecule has 4 heterocycles. The maximum Gasteiger partial charge on any atom is 0.494 e. The van der Waals surface area contributed by atoms with Crippen LogP contribution in [0.25, 0.3) is 11.3 Å². The number of carbonyl (C=O) groups is 6. The lowest BCUT2D eigenvalue weighted by molar-refractivity contribution is -0.140. The number of Topliss-reactive ketones (excluding diaryl/α,β-unsaturated/α-hetero) is 4. The number of ketones is 4. The molecule has 3 aromatic rings. The molecule has 0 radical (unpaired) electrons. The summed E-state index contributed by atoms with van der Waals surface area (Å²) >= 11 is 0. The number of nitriles is 1. The second-order valence-corrected chi connectivity index (χ2v) is 25.0. The molecular formula is C60H79BN4O10. The molecule has 15 heteroatoms. The largest absolute Gasteiger partial charge is 0.494 e. The highest BCUT2D eigenvalue weighted by Gasteiger charge is 2.53. The van der Waals surface area contributed by atoms with E-state index in [4.69, 9.17) is 24.0 Å². The SMILES string of the molecule is CCc1cc(-c2ccc(C#N)cn2)cc(C)c1C1C(=O)CC2(CCN(C(=O)OC(C)(C)C)CC2)CC1=O.CCc1cc(B2OC(C)(C)C(C)(C)O2)cc(C)c1C1C(=O)CC2(CCN(C(=O)OC(C)(C)C)CC2)CC1=O.